The number of nitrogens with zero attached hydrogens (tertiary/aromatic N) is 1. The quantitative estimate of drug-likeness (QED) is 0.549. The minimum absolute atomic E-state index is 0.827. The van der Waals surface area contributed by atoms with Crippen molar-refractivity contribution in [2.45, 2.75) is 45.2 Å². The molecule has 1 fully saturated rings. The first-order valence-electron chi connectivity index (χ1n) is 4.57. The topological polar surface area (TPSA) is 3.24 Å². The van der Waals surface area contributed by atoms with Crippen molar-refractivity contribution in [3.8, 4) is 0 Å². The van der Waals surface area contributed by atoms with E-state index in [0.717, 1.165) is 12.1 Å². The van der Waals surface area contributed by atoms with E-state index in [1.165, 1.54) is 30.2 Å². The first-order chi connectivity index (χ1) is 5.25. The minimum atomic E-state index is 0.827. The van der Waals surface area contributed by atoms with Crippen molar-refractivity contribution < 1.29 is 0 Å². The molecule has 2 heteroatoms. The van der Waals surface area contributed by atoms with E-state index in [1.807, 2.05) is 0 Å². The van der Waals surface area contributed by atoms with E-state index in [2.05, 4.69) is 41.3 Å². The third kappa shape index (κ3) is 2.58. The maximum Gasteiger partial charge on any atom is 0.0124 e. The van der Waals surface area contributed by atoms with Gasteiger partial charge in [0, 0.05) is 23.1 Å². The van der Waals surface area contributed by atoms with E-state index in [1.54, 1.807) is 0 Å². The first-order valence-corrected chi connectivity index (χ1v) is 6.10. The Hall–Kier alpha value is 0.690. The molecule has 1 rings (SSSR count). The van der Waals surface area contributed by atoms with E-state index in [9.17, 15) is 0 Å². The molecule has 1 saturated heterocycles. The van der Waals surface area contributed by atoms with Crippen LogP contribution in [-0.4, -0.2) is 28.0 Å². The molecule has 0 saturated carbocycles. The molecule has 0 radical (unpaired) electrons. The van der Waals surface area contributed by atoms with Gasteiger partial charge in [0.15, 0.2) is 0 Å². The normalized spacial score (nSPS) is 34.1. The fourth-order valence-corrected chi connectivity index (χ4v) is 2.57. The predicted octanol–water partition coefficient (Wildman–Crippen LogP) is 2.68. The maximum atomic E-state index is 2.65. The van der Waals surface area contributed by atoms with Crippen molar-refractivity contribution in [1.82, 2.24) is 4.90 Å². The molecule has 0 amide bonds. The molecular formula is C9H18IN. The van der Waals surface area contributed by atoms with Gasteiger partial charge in [-0.15, -0.1) is 0 Å². The second kappa shape index (κ2) is 4.65. The van der Waals surface area contributed by atoms with Crippen molar-refractivity contribution in [2.75, 3.05) is 11.0 Å². The third-order valence-corrected chi connectivity index (χ3v) is 3.20. The SMILES string of the molecule is CC1CCCC(C)N1CCI. The van der Waals surface area contributed by atoms with Gasteiger partial charge < -0.3 is 0 Å². The van der Waals surface area contributed by atoms with E-state index in [-0.39, 0.29) is 0 Å². The van der Waals surface area contributed by atoms with Gasteiger partial charge in [0.1, 0.15) is 0 Å². The molecule has 1 aliphatic rings. The highest BCUT2D eigenvalue weighted by atomic mass is 127. The zero-order valence-electron chi connectivity index (χ0n) is 7.52. The summed E-state index contributed by atoms with van der Waals surface area (Å²) in [5, 5.41) is 0. The lowest BCUT2D eigenvalue weighted by Crippen LogP contribution is -2.44. The van der Waals surface area contributed by atoms with Crippen molar-refractivity contribution in [2.24, 2.45) is 0 Å². The molecule has 1 nitrogen and oxygen atoms in total. The van der Waals surface area contributed by atoms with E-state index in [0.29, 0.717) is 0 Å². The second-order valence-electron chi connectivity index (χ2n) is 3.56. The summed E-state index contributed by atoms with van der Waals surface area (Å²) in [7, 11) is 0. The van der Waals surface area contributed by atoms with Crippen LogP contribution in [0.4, 0.5) is 0 Å². The van der Waals surface area contributed by atoms with Crippen molar-refractivity contribution in [1.29, 1.82) is 0 Å². The van der Waals surface area contributed by atoms with E-state index >= 15 is 0 Å². The van der Waals surface area contributed by atoms with Gasteiger partial charge in [-0.1, -0.05) is 29.0 Å². The van der Waals surface area contributed by atoms with Crippen LogP contribution in [-0.2, 0) is 0 Å². The molecule has 1 heterocycles. The van der Waals surface area contributed by atoms with Crippen molar-refractivity contribution in [3.63, 3.8) is 0 Å². The highest BCUT2D eigenvalue weighted by Crippen LogP contribution is 2.21. The van der Waals surface area contributed by atoms with Gasteiger partial charge in [-0.05, 0) is 26.7 Å². The molecule has 0 N–H and O–H groups in total. The fourth-order valence-electron chi connectivity index (χ4n) is 2.01. The minimum Gasteiger partial charge on any atom is -0.297 e. The first kappa shape index (κ1) is 9.78. The van der Waals surface area contributed by atoms with Gasteiger partial charge in [-0.3, -0.25) is 4.90 Å². The summed E-state index contributed by atoms with van der Waals surface area (Å²) in [6.45, 7) is 6.01. The number of hydrogen-bond donors (Lipinski definition) is 0. The average molecular weight is 267 g/mol. The molecule has 0 aliphatic carbocycles. The highest BCUT2D eigenvalue weighted by molar-refractivity contribution is 14.1. The van der Waals surface area contributed by atoms with Crippen LogP contribution >= 0.6 is 22.6 Å². The Balaban J connectivity index is 2.41. The van der Waals surface area contributed by atoms with Crippen LogP contribution in [0.2, 0.25) is 0 Å². The summed E-state index contributed by atoms with van der Waals surface area (Å²) >= 11 is 2.47. The number of hydrogen-bond acceptors (Lipinski definition) is 1. The molecule has 1 aliphatic heterocycles. The molecular weight excluding hydrogens is 249 g/mol. The summed E-state index contributed by atoms with van der Waals surface area (Å²) in [4.78, 5) is 2.65. The molecule has 0 aromatic carbocycles. The lowest BCUT2D eigenvalue weighted by Gasteiger charge is -2.38. The number of halogens is 1. The highest BCUT2D eigenvalue weighted by Gasteiger charge is 2.23. The summed E-state index contributed by atoms with van der Waals surface area (Å²) < 4.78 is 1.27. The smallest absolute Gasteiger partial charge is 0.0124 e. The van der Waals surface area contributed by atoms with Gasteiger partial charge in [0.25, 0.3) is 0 Å². The molecule has 0 aromatic heterocycles. The van der Waals surface area contributed by atoms with Gasteiger partial charge in [-0.2, -0.15) is 0 Å². The standard InChI is InChI=1S/C9H18IN/c1-8-4-3-5-9(2)11(8)7-6-10/h8-9H,3-7H2,1-2H3. The summed E-state index contributed by atoms with van der Waals surface area (Å²) in [6, 6.07) is 1.65. The van der Waals surface area contributed by atoms with Crippen molar-refractivity contribution in [3.05, 3.63) is 0 Å². The zero-order valence-corrected chi connectivity index (χ0v) is 9.67. The summed E-state index contributed by atoms with van der Waals surface area (Å²) in [5.74, 6) is 0. The predicted molar refractivity (Wildman–Crippen MR) is 58.4 cm³/mol. The summed E-state index contributed by atoms with van der Waals surface area (Å²) in [6.07, 6.45) is 4.24. The zero-order chi connectivity index (χ0) is 8.27. The van der Waals surface area contributed by atoms with Gasteiger partial charge >= 0.3 is 0 Å². The molecule has 2 atom stereocenters. The number of alkyl halides is 1. The molecule has 11 heavy (non-hydrogen) atoms. The number of piperidine rings is 1. The van der Waals surface area contributed by atoms with Crippen LogP contribution in [0.5, 0.6) is 0 Å². The second-order valence-corrected chi connectivity index (χ2v) is 4.63. The maximum absolute atomic E-state index is 2.65. The largest absolute Gasteiger partial charge is 0.297 e. The number of rotatable bonds is 2. The van der Waals surface area contributed by atoms with Gasteiger partial charge in [-0.25, -0.2) is 0 Å². The fraction of sp³-hybridized carbons (Fsp3) is 1.00. The van der Waals surface area contributed by atoms with Gasteiger partial charge in [0.2, 0.25) is 0 Å². The Morgan fingerprint density at radius 2 is 1.82 bits per heavy atom. The van der Waals surface area contributed by atoms with Crippen LogP contribution < -0.4 is 0 Å². The lowest BCUT2D eigenvalue weighted by molar-refractivity contribution is 0.113. The van der Waals surface area contributed by atoms with Crippen LogP contribution in [0.1, 0.15) is 33.1 Å². The average Bonchev–Trinajstić information content (AvgIpc) is 1.97. The van der Waals surface area contributed by atoms with Gasteiger partial charge in [0.05, 0.1) is 0 Å². The Labute approximate surface area is 83.7 Å². The Bertz CT molecular complexity index is 106. The molecule has 0 aromatic rings. The van der Waals surface area contributed by atoms with Crippen LogP contribution in [0.15, 0.2) is 0 Å². The Kier molecular flexibility index (Phi) is 4.13. The monoisotopic (exact) mass is 267 g/mol. The lowest BCUT2D eigenvalue weighted by atomic mass is 9.98. The molecule has 0 bridgehead atoms. The molecule has 2 unspecified atom stereocenters. The summed E-state index contributed by atoms with van der Waals surface area (Å²) in [5.41, 5.74) is 0. The Morgan fingerprint density at radius 1 is 1.27 bits per heavy atom. The number of likely N-dealkylation sites (tertiary alicyclic amines) is 1. The molecule has 0 spiro atoms. The molecule has 66 valence electrons. The van der Waals surface area contributed by atoms with Crippen LogP contribution in [0, 0.1) is 0 Å². The van der Waals surface area contributed by atoms with E-state index in [4.69, 9.17) is 0 Å². The third-order valence-electron chi connectivity index (χ3n) is 2.72. The van der Waals surface area contributed by atoms with Crippen LogP contribution in [0.3, 0.4) is 0 Å². The van der Waals surface area contributed by atoms with Crippen LogP contribution in [0.25, 0.3) is 0 Å². The Morgan fingerprint density at radius 3 is 2.27 bits per heavy atom. The van der Waals surface area contributed by atoms with Crippen molar-refractivity contribution >= 4 is 22.6 Å². The van der Waals surface area contributed by atoms with E-state index < -0.39 is 0 Å².